The summed E-state index contributed by atoms with van der Waals surface area (Å²) in [5, 5.41) is 12.9. The molecule has 0 spiro atoms. The zero-order chi connectivity index (χ0) is 33.2. The first kappa shape index (κ1) is 31.7. The third kappa shape index (κ3) is 5.91. The highest BCUT2D eigenvalue weighted by atomic mass is 35.5. The third-order valence-electron chi connectivity index (χ3n) is 9.83. The Balaban J connectivity index is 1.34. The maximum Gasteiger partial charge on any atom is 0.410 e. The Morgan fingerprint density at radius 1 is 0.979 bits per heavy atom. The molecule has 1 N–H and O–H groups in total. The summed E-state index contributed by atoms with van der Waals surface area (Å²) < 4.78 is 22.8. The van der Waals surface area contributed by atoms with Crippen molar-refractivity contribution >= 4 is 51.1 Å². The molecule has 3 aromatic carbocycles. The number of aromatic nitrogens is 2. The van der Waals surface area contributed by atoms with Gasteiger partial charge >= 0.3 is 6.09 Å². The van der Waals surface area contributed by atoms with E-state index in [2.05, 4.69) is 28.8 Å². The fourth-order valence-corrected chi connectivity index (χ4v) is 7.86. The van der Waals surface area contributed by atoms with Crippen LogP contribution in [-0.4, -0.2) is 95.0 Å². The van der Waals surface area contributed by atoms with Crippen LogP contribution in [0.2, 0.25) is 5.02 Å². The monoisotopic (exact) mass is 660 g/mol. The largest absolute Gasteiger partial charge is 0.508 e. The number of nitrogens with zero attached hydrogens (tertiary/aromatic N) is 6. The summed E-state index contributed by atoms with van der Waals surface area (Å²) in [6, 6.07) is 12.9. The highest BCUT2D eigenvalue weighted by Crippen LogP contribution is 2.44. The fraction of sp³-hybridized carbons (Fsp3) is 0.472. The second-order valence-electron chi connectivity index (χ2n) is 14.4. The number of carbonyl (C=O) groups excluding carboxylic acids is 1. The normalized spacial score (nSPS) is 20.6. The van der Waals surface area contributed by atoms with E-state index in [-0.39, 0.29) is 40.0 Å². The first-order chi connectivity index (χ1) is 22.4. The van der Waals surface area contributed by atoms with E-state index in [4.69, 9.17) is 26.3 Å². The zero-order valence-corrected chi connectivity index (χ0v) is 28.4. The number of amides is 1. The summed E-state index contributed by atoms with van der Waals surface area (Å²) in [5.41, 5.74) is 0.303. The van der Waals surface area contributed by atoms with Crippen molar-refractivity contribution in [2.24, 2.45) is 0 Å². The molecule has 3 aliphatic rings. The van der Waals surface area contributed by atoms with E-state index in [1.54, 1.807) is 18.2 Å². The van der Waals surface area contributed by atoms with Crippen LogP contribution in [0.3, 0.4) is 0 Å². The molecular weight excluding hydrogens is 619 g/mol. The molecule has 4 aromatic rings. The average molecular weight is 661 g/mol. The number of rotatable bonds is 4. The number of hydrogen-bond acceptors (Lipinski definition) is 8. The summed E-state index contributed by atoms with van der Waals surface area (Å²) in [6.45, 7) is 8.24. The van der Waals surface area contributed by atoms with E-state index >= 15 is 4.39 Å². The van der Waals surface area contributed by atoms with E-state index < -0.39 is 11.4 Å². The van der Waals surface area contributed by atoms with Gasteiger partial charge in [-0.15, -0.1) is 0 Å². The van der Waals surface area contributed by atoms with Gasteiger partial charge in [-0.3, -0.25) is 4.90 Å². The van der Waals surface area contributed by atoms with Crippen LogP contribution in [0.15, 0.2) is 42.5 Å². The second-order valence-corrected chi connectivity index (χ2v) is 14.8. The lowest BCUT2D eigenvalue weighted by Crippen LogP contribution is -2.57. The molecule has 3 aliphatic heterocycles. The molecule has 2 unspecified atom stereocenters. The highest BCUT2D eigenvalue weighted by molar-refractivity contribution is 6.35. The zero-order valence-electron chi connectivity index (χ0n) is 27.6. The van der Waals surface area contributed by atoms with Gasteiger partial charge < -0.3 is 24.5 Å². The SMILES string of the molecule is CN(C)C1CCN(c2nc(N3CC4CCC(C3)N4C(=O)OC(C)(C)C)c3cc(Cl)c(-c4cc(O)cc5ccccc45)c(F)c3n2)CC1. The van der Waals surface area contributed by atoms with Crippen LogP contribution < -0.4 is 9.80 Å². The number of fused-ring (bicyclic) bond motifs is 4. The minimum absolute atomic E-state index is 0.0282. The van der Waals surface area contributed by atoms with Gasteiger partial charge in [0.15, 0.2) is 5.82 Å². The van der Waals surface area contributed by atoms with E-state index in [1.807, 2.05) is 49.9 Å². The lowest BCUT2D eigenvalue weighted by atomic mass is 9.96. The fourth-order valence-electron chi connectivity index (χ4n) is 7.57. The first-order valence-corrected chi connectivity index (χ1v) is 16.8. The molecule has 1 amide bonds. The smallest absolute Gasteiger partial charge is 0.410 e. The predicted octanol–water partition coefficient (Wildman–Crippen LogP) is 7.07. The summed E-state index contributed by atoms with van der Waals surface area (Å²) >= 11 is 6.96. The predicted molar refractivity (Wildman–Crippen MR) is 185 cm³/mol. The lowest BCUT2D eigenvalue weighted by Gasteiger charge is -2.42. The van der Waals surface area contributed by atoms with Crippen molar-refractivity contribution in [2.75, 3.05) is 50.1 Å². The number of anilines is 2. The Morgan fingerprint density at radius 2 is 1.66 bits per heavy atom. The lowest BCUT2D eigenvalue weighted by molar-refractivity contribution is 0.0123. The van der Waals surface area contributed by atoms with Gasteiger partial charge in [-0.05, 0) is 95.1 Å². The van der Waals surface area contributed by atoms with Crippen molar-refractivity contribution < 1.29 is 19.0 Å². The Labute approximate surface area is 279 Å². The van der Waals surface area contributed by atoms with E-state index in [1.165, 1.54) is 0 Å². The number of aromatic hydroxyl groups is 1. The Kier molecular flexibility index (Phi) is 8.07. The van der Waals surface area contributed by atoms with E-state index in [0.717, 1.165) is 49.5 Å². The molecule has 2 bridgehead atoms. The molecule has 4 heterocycles. The van der Waals surface area contributed by atoms with Crippen molar-refractivity contribution in [3.05, 3.63) is 53.3 Å². The highest BCUT2D eigenvalue weighted by Gasteiger charge is 2.45. The van der Waals surface area contributed by atoms with Gasteiger partial charge in [-0.25, -0.2) is 14.2 Å². The molecule has 9 nitrogen and oxygen atoms in total. The van der Waals surface area contributed by atoms with Crippen LogP contribution >= 0.6 is 11.6 Å². The van der Waals surface area contributed by atoms with Crippen molar-refractivity contribution in [1.82, 2.24) is 19.8 Å². The van der Waals surface area contributed by atoms with Gasteiger partial charge in [0.1, 0.15) is 22.7 Å². The Bertz CT molecular complexity index is 1840. The third-order valence-corrected chi connectivity index (χ3v) is 10.1. The van der Waals surface area contributed by atoms with Crippen LogP contribution in [0.5, 0.6) is 5.75 Å². The molecule has 248 valence electrons. The number of piperazine rings is 1. The minimum Gasteiger partial charge on any atom is -0.508 e. The molecule has 7 rings (SSSR count). The average Bonchev–Trinajstić information content (AvgIpc) is 3.29. The van der Waals surface area contributed by atoms with Crippen molar-refractivity contribution in [1.29, 1.82) is 0 Å². The Morgan fingerprint density at radius 3 is 2.32 bits per heavy atom. The number of hydrogen-bond donors (Lipinski definition) is 1. The van der Waals surface area contributed by atoms with Crippen LogP contribution in [0, 0.1) is 5.82 Å². The number of piperidine rings is 1. The first-order valence-electron chi connectivity index (χ1n) is 16.5. The van der Waals surface area contributed by atoms with Crippen molar-refractivity contribution in [3.63, 3.8) is 0 Å². The van der Waals surface area contributed by atoms with Crippen LogP contribution in [-0.2, 0) is 4.74 Å². The maximum atomic E-state index is 17.1. The summed E-state index contributed by atoms with van der Waals surface area (Å²) in [4.78, 5) is 31.7. The number of phenolic OH excluding ortho intramolecular Hbond substituents is 1. The van der Waals surface area contributed by atoms with Gasteiger partial charge in [0.25, 0.3) is 0 Å². The van der Waals surface area contributed by atoms with E-state index in [9.17, 15) is 9.90 Å². The summed E-state index contributed by atoms with van der Waals surface area (Å²) in [6.07, 6.45) is 3.33. The van der Waals surface area contributed by atoms with Crippen LogP contribution in [0.1, 0.15) is 46.5 Å². The standard InChI is InChI=1S/C36H42ClFN6O3/c1-36(2,3)47-35(46)44-23-10-11-24(44)20-43(19-23)33-28-18-29(37)30(27-17-25(45)16-21-8-6-7-9-26(21)27)31(38)32(28)39-34(40-33)42-14-12-22(13-15-42)41(4)5/h6-9,16-18,22-24,45H,10-15,19-20H2,1-5H3. The number of phenols is 1. The number of halogens is 2. The number of ether oxygens (including phenoxy) is 1. The topological polar surface area (TPSA) is 85.3 Å². The molecule has 0 saturated carbocycles. The molecule has 11 heteroatoms. The molecule has 3 fully saturated rings. The van der Waals surface area contributed by atoms with Crippen molar-refractivity contribution in [3.8, 4) is 16.9 Å². The quantitative estimate of drug-likeness (QED) is 0.249. The molecule has 47 heavy (non-hydrogen) atoms. The molecule has 3 saturated heterocycles. The van der Waals surface area contributed by atoms with Crippen molar-refractivity contribution in [2.45, 2.75) is 70.2 Å². The minimum atomic E-state index is -0.585. The summed E-state index contributed by atoms with van der Waals surface area (Å²) in [7, 11) is 4.20. The van der Waals surface area contributed by atoms with Gasteiger partial charge in [0, 0.05) is 43.2 Å². The molecule has 1 aromatic heterocycles. The molecule has 2 atom stereocenters. The van der Waals surface area contributed by atoms with Gasteiger partial charge in [-0.1, -0.05) is 35.9 Å². The maximum absolute atomic E-state index is 17.1. The number of benzene rings is 3. The second kappa shape index (κ2) is 12.0. The van der Waals surface area contributed by atoms with E-state index in [0.29, 0.717) is 41.8 Å². The van der Waals surface area contributed by atoms with Crippen LogP contribution in [0.25, 0.3) is 32.8 Å². The summed E-state index contributed by atoms with van der Waals surface area (Å²) in [5.74, 6) is 0.584. The Hall–Kier alpha value is -3.89. The molecule has 0 radical (unpaired) electrons. The van der Waals surface area contributed by atoms with Crippen LogP contribution in [0.4, 0.5) is 21.0 Å². The molecular formula is C36H42ClFN6O3. The van der Waals surface area contributed by atoms with Gasteiger partial charge in [-0.2, -0.15) is 4.98 Å². The van der Waals surface area contributed by atoms with Gasteiger partial charge in [0.2, 0.25) is 5.95 Å². The van der Waals surface area contributed by atoms with Gasteiger partial charge in [0.05, 0.1) is 17.1 Å². The number of carbonyl (C=O) groups is 1. The molecule has 0 aliphatic carbocycles.